The first kappa shape index (κ1) is 11.9. The Balaban J connectivity index is 1.85. The maximum absolute atomic E-state index is 5.13. The Morgan fingerprint density at radius 1 is 1.32 bits per heavy atom. The van der Waals surface area contributed by atoms with Gasteiger partial charge in [0.1, 0.15) is 5.82 Å². The van der Waals surface area contributed by atoms with Crippen molar-refractivity contribution in [2.24, 2.45) is 0 Å². The van der Waals surface area contributed by atoms with Crippen molar-refractivity contribution in [3.63, 3.8) is 0 Å². The Bertz CT molecular complexity index is 581. The SMILES string of the molecule is CCc1nnc2n1CCN(c1nccc(OC)n1)C2. The zero-order chi connectivity index (χ0) is 13.2. The van der Waals surface area contributed by atoms with Crippen molar-refractivity contribution < 1.29 is 4.74 Å². The van der Waals surface area contributed by atoms with Crippen LogP contribution in [0.2, 0.25) is 0 Å². The lowest BCUT2D eigenvalue weighted by Gasteiger charge is -2.27. The van der Waals surface area contributed by atoms with E-state index >= 15 is 0 Å². The number of hydrogen-bond donors (Lipinski definition) is 0. The number of fused-ring (bicyclic) bond motifs is 1. The second-order valence-corrected chi connectivity index (χ2v) is 4.36. The predicted octanol–water partition coefficient (Wildman–Crippen LogP) is 0.659. The highest BCUT2D eigenvalue weighted by Gasteiger charge is 2.22. The van der Waals surface area contributed by atoms with Gasteiger partial charge in [0.15, 0.2) is 5.82 Å². The lowest BCUT2D eigenvalue weighted by molar-refractivity contribution is 0.396. The van der Waals surface area contributed by atoms with E-state index in [4.69, 9.17) is 4.74 Å². The third kappa shape index (κ3) is 2.11. The van der Waals surface area contributed by atoms with Crippen LogP contribution in [0.15, 0.2) is 12.3 Å². The zero-order valence-electron chi connectivity index (χ0n) is 11.1. The normalized spacial score (nSPS) is 14.3. The van der Waals surface area contributed by atoms with Crippen LogP contribution in [-0.2, 0) is 19.5 Å². The molecule has 2 aromatic heterocycles. The van der Waals surface area contributed by atoms with Gasteiger partial charge >= 0.3 is 0 Å². The molecule has 7 heteroatoms. The third-order valence-corrected chi connectivity index (χ3v) is 3.26. The van der Waals surface area contributed by atoms with Gasteiger partial charge < -0.3 is 14.2 Å². The first-order valence-corrected chi connectivity index (χ1v) is 6.34. The second-order valence-electron chi connectivity index (χ2n) is 4.36. The summed E-state index contributed by atoms with van der Waals surface area (Å²) in [6.07, 6.45) is 2.61. The first-order valence-electron chi connectivity index (χ1n) is 6.34. The average molecular weight is 260 g/mol. The Labute approximate surface area is 111 Å². The minimum Gasteiger partial charge on any atom is -0.481 e. The van der Waals surface area contributed by atoms with Gasteiger partial charge in [-0.2, -0.15) is 4.98 Å². The molecule has 1 aliphatic heterocycles. The van der Waals surface area contributed by atoms with E-state index in [1.165, 1.54) is 0 Å². The second kappa shape index (κ2) is 4.83. The number of nitrogens with zero attached hydrogens (tertiary/aromatic N) is 6. The van der Waals surface area contributed by atoms with Crippen LogP contribution in [0.3, 0.4) is 0 Å². The number of methoxy groups -OCH3 is 1. The lowest BCUT2D eigenvalue weighted by Crippen LogP contribution is -2.35. The molecular formula is C12H16N6O. The number of rotatable bonds is 3. The fourth-order valence-electron chi connectivity index (χ4n) is 2.25. The number of aromatic nitrogens is 5. The Morgan fingerprint density at radius 2 is 2.21 bits per heavy atom. The molecule has 0 amide bonds. The van der Waals surface area contributed by atoms with E-state index in [0.29, 0.717) is 18.4 Å². The molecule has 0 fully saturated rings. The van der Waals surface area contributed by atoms with Gasteiger partial charge in [0, 0.05) is 31.8 Å². The number of ether oxygens (including phenoxy) is 1. The Morgan fingerprint density at radius 3 is 3.00 bits per heavy atom. The Kier molecular flexibility index (Phi) is 3.02. The highest BCUT2D eigenvalue weighted by Crippen LogP contribution is 2.19. The zero-order valence-corrected chi connectivity index (χ0v) is 11.1. The van der Waals surface area contributed by atoms with Crippen molar-refractivity contribution in [3.8, 4) is 5.88 Å². The molecule has 2 aromatic rings. The van der Waals surface area contributed by atoms with E-state index in [2.05, 4.69) is 36.6 Å². The van der Waals surface area contributed by atoms with Crippen LogP contribution < -0.4 is 9.64 Å². The summed E-state index contributed by atoms with van der Waals surface area (Å²) in [6.45, 7) is 4.49. The van der Waals surface area contributed by atoms with E-state index in [0.717, 1.165) is 31.2 Å². The van der Waals surface area contributed by atoms with Crippen LogP contribution in [0.1, 0.15) is 18.6 Å². The first-order chi connectivity index (χ1) is 9.31. The van der Waals surface area contributed by atoms with E-state index in [1.54, 1.807) is 19.4 Å². The average Bonchev–Trinajstić information content (AvgIpc) is 2.89. The molecule has 3 heterocycles. The Hall–Kier alpha value is -2.18. The molecule has 3 rings (SSSR count). The maximum atomic E-state index is 5.13. The summed E-state index contributed by atoms with van der Waals surface area (Å²) in [6, 6.07) is 1.74. The largest absolute Gasteiger partial charge is 0.481 e. The molecule has 19 heavy (non-hydrogen) atoms. The fourth-order valence-corrected chi connectivity index (χ4v) is 2.25. The van der Waals surface area contributed by atoms with Crippen molar-refractivity contribution in [2.75, 3.05) is 18.6 Å². The van der Waals surface area contributed by atoms with E-state index < -0.39 is 0 Å². The van der Waals surface area contributed by atoms with Crippen molar-refractivity contribution in [3.05, 3.63) is 23.9 Å². The minimum atomic E-state index is 0.575. The quantitative estimate of drug-likeness (QED) is 0.807. The van der Waals surface area contributed by atoms with Crippen LogP contribution in [0.4, 0.5) is 5.95 Å². The monoisotopic (exact) mass is 260 g/mol. The molecule has 0 radical (unpaired) electrons. The van der Waals surface area contributed by atoms with E-state index in [-0.39, 0.29) is 0 Å². The molecule has 0 spiro atoms. The summed E-state index contributed by atoms with van der Waals surface area (Å²) in [4.78, 5) is 10.7. The van der Waals surface area contributed by atoms with E-state index in [1.807, 2.05) is 0 Å². The van der Waals surface area contributed by atoms with Gasteiger partial charge in [-0.05, 0) is 0 Å². The van der Waals surface area contributed by atoms with Crippen LogP contribution in [-0.4, -0.2) is 38.4 Å². The van der Waals surface area contributed by atoms with Crippen molar-refractivity contribution in [1.82, 2.24) is 24.7 Å². The lowest BCUT2D eigenvalue weighted by atomic mass is 10.3. The van der Waals surface area contributed by atoms with Gasteiger partial charge in [-0.15, -0.1) is 10.2 Å². The molecule has 0 saturated heterocycles. The number of hydrogen-bond acceptors (Lipinski definition) is 6. The topological polar surface area (TPSA) is 69.0 Å². The number of aryl methyl sites for hydroxylation is 1. The van der Waals surface area contributed by atoms with Crippen LogP contribution in [0.25, 0.3) is 0 Å². The molecule has 0 aliphatic carbocycles. The molecule has 100 valence electrons. The molecule has 0 unspecified atom stereocenters. The summed E-state index contributed by atoms with van der Waals surface area (Å²) in [5.41, 5.74) is 0. The minimum absolute atomic E-state index is 0.575. The fraction of sp³-hybridized carbons (Fsp3) is 0.500. The number of anilines is 1. The third-order valence-electron chi connectivity index (χ3n) is 3.26. The van der Waals surface area contributed by atoms with Crippen LogP contribution in [0.5, 0.6) is 5.88 Å². The van der Waals surface area contributed by atoms with Gasteiger partial charge in [-0.25, -0.2) is 4.98 Å². The van der Waals surface area contributed by atoms with Gasteiger partial charge in [-0.3, -0.25) is 0 Å². The molecule has 0 bridgehead atoms. The van der Waals surface area contributed by atoms with Crippen molar-refractivity contribution in [1.29, 1.82) is 0 Å². The highest BCUT2D eigenvalue weighted by atomic mass is 16.5. The summed E-state index contributed by atoms with van der Waals surface area (Å²) in [5, 5.41) is 8.43. The van der Waals surface area contributed by atoms with Gasteiger partial charge in [0.05, 0.1) is 13.7 Å². The van der Waals surface area contributed by atoms with Crippen molar-refractivity contribution >= 4 is 5.95 Å². The van der Waals surface area contributed by atoms with E-state index in [9.17, 15) is 0 Å². The van der Waals surface area contributed by atoms with Crippen LogP contribution >= 0.6 is 0 Å². The molecule has 0 atom stereocenters. The standard InChI is InChI=1S/C12H16N6O/c1-3-9-15-16-10-8-17(6-7-18(9)10)12-13-5-4-11(14-12)19-2/h4-5H,3,6-8H2,1-2H3. The summed E-state index contributed by atoms with van der Waals surface area (Å²) in [7, 11) is 1.60. The van der Waals surface area contributed by atoms with Gasteiger partial charge in [0.25, 0.3) is 0 Å². The molecule has 7 nitrogen and oxygen atoms in total. The predicted molar refractivity (Wildman–Crippen MR) is 69.0 cm³/mol. The smallest absolute Gasteiger partial charge is 0.229 e. The summed E-state index contributed by atoms with van der Waals surface area (Å²) in [5.74, 6) is 3.26. The summed E-state index contributed by atoms with van der Waals surface area (Å²) >= 11 is 0. The molecule has 1 aliphatic rings. The molecule has 0 N–H and O–H groups in total. The molecule has 0 saturated carbocycles. The highest BCUT2D eigenvalue weighted by molar-refractivity contribution is 5.33. The van der Waals surface area contributed by atoms with Gasteiger partial charge in [-0.1, -0.05) is 6.92 Å². The molecule has 0 aromatic carbocycles. The summed E-state index contributed by atoms with van der Waals surface area (Å²) < 4.78 is 7.30. The van der Waals surface area contributed by atoms with Gasteiger partial charge in [0.2, 0.25) is 11.8 Å². The van der Waals surface area contributed by atoms with Crippen molar-refractivity contribution in [2.45, 2.75) is 26.4 Å². The van der Waals surface area contributed by atoms with Crippen LogP contribution in [0, 0.1) is 0 Å². The maximum Gasteiger partial charge on any atom is 0.229 e. The molecular weight excluding hydrogens is 244 g/mol.